The maximum absolute atomic E-state index is 11.6. The van der Waals surface area contributed by atoms with Crippen molar-refractivity contribution in [2.75, 3.05) is 5.32 Å². The fourth-order valence-electron chi connectivity index (χ4n) is 1.39. The van der Waals surface area contributed by atoms with Crippen LogP contribution in [0.1, 0.15) is 0 Å². The van der Waals surface area contributed by atoms with Gasteiger partial charge in [0, 0.05) is 12.7 Å². The third-order valence-electron chi connectivity index (χ3n) is 2.24. The minimum atomic E-state index is -0.312. The van der Waals surface area contributed by atoms with E-state index in [4.69, 9.17) is 0 Å². The van der Waals surface area contributed by atoms with E-state index in [0.717, 1.165) is 4.68 Å². The van der Waals surface area contributed by atoms with E-state index < -0.39 is 0 Å². The van der Waals surface area contributed by atoms with Crippen LogP contribution in [0.25, 0.3) is 0 Å². The van der Waals surface area contributed by atoms with Gasteiger partial charge in [0.25, 0.3) is 0 Å². The van der Waals surface area contributed by atoms with Crippen molar-refractivity contribution < 1.29 is 4.79 Å². The van der Waals surface area contributed by atoms with E-state index >= 15 is 0 Å². The van der Waals surface area contributed by atoms with Gasteiger partial charge in [0.2, 0.25) is 5.91 Å². The van der Waals surface area contributed by atoms with Gasteiger partial charge in [-0.3, -0.25) is 9.36 Å². The highest BCUT2D eigenvalue weighted by molar-refractivity contribution is 5.90. The van der Waals surface area contributed by atoms with Gasteiger partial charge in [-0.05, 0) is 12.1 Å². The molecule has 0 fully saturated rings. The van der Waals surface area contributed by atoms with Crippen LogP contribution in [0.4, 0.5) is 5.69 Å². The van der Waals surface area contributed by atoms with Gasteiger partial charge in [-0.25, -0.2) is 9.48 Å². The van der Waals surface area contributed by atoms with E-state index in [2.05, 4.69) is 10.4 Å². The highest BCUT2D eigenvalue weighted by atomic mass is 16.2. The molecule has 0 radical (unpaired) electrons. The molecule has 0 spiro atoms. The Morgan fingerprint density at radius 2 is 2.06 bits per heavy atom. The Hall–Kier alpha value is -2.37. The molecule has 2 rings (SSSR count). The highest BCUT2D eigenvalue weighted by Crippen LogP contribution is 2.04. The summed E-state index contributed by atoms with van der Waals surface area (Å²) in [6.07, 6.45) is 1.37. The van der Waals surface area contributed by atoms with Crippen LogP contribution in [0.5, 0.6) is 0 Å². The van der Waals surface area contributed by atoms with Gasteiger partial charge in [-0.2, -0.15) is 5.10 Å². The van der Waals surface area contributed by atoms with Crippen molar-refractivity contribution in [3.63, 3.8) is 0 Å². The lowest BCUT2D eigenvalue weighted by Crippen LogP contribution is -2.29. The Morgan fingerprint density at radius 3 is 2.65 bits per heavy atom. The maximum atomic E-state index is 11.6. The molecule has 17 heavy (non-hydrogen) atoms. The molecule has 0 saturated heterocycles. The van der Waals surface area contributed by atoms with Crippen LogP contribution in [0, 0.1) is 0 Å². The van der Waals surface area contributed by atoms with Crippen molar-refractivity contribution in [2.24, 2.45) is 7.05 Å². The number of nitrogens with one attached hydrogen (secondary N) is 1. The molecule has 2 aromatic rings. The monoisotopic (exact) mass is 232 g/mol. The number of aromatic nitrogens is 3. The first kappa shape index (κ1) is 11.1. The van der Waals surface area contributed by atoms with E-state index in [1.807, 2.05) is 18.2 Å². The van der Waals surface area contributed by atoms with Gasteiger partial charge in [0.1, 0.15) is 12.9 Å². The van der Waals surface area contributed by atoms with Gasteiger partial charge in [-0.15, -0.1) is 0 Å². The summed E-state index contributed by atoms with van der Waals surface area (Å²) in [4.78, 5) is 23.1. The smallest absolute Gasteiger partial charge is 0.324 e. The Kier molecular flexibility index (Phi) is 3.04. The molecule has 1 N–H and O–H groups in total. The fourth-order valence-corrected chi connectivity index (χ4v) is 1.39. The molecular weight excluding hydrogens is 220 g/mol. The van der Waals surface area contributed by atoms with Crippen molar-refractivity contribution in [1.82, 2.24) is 14.3 Å². The number of aryl methyl sites for hydroxylation is 1. The number of hydrogen-bond acceptors (Lipinski definition) is 3. The first-order valence-electron chi connectivity index (χ1n) is 5.10. The normalized spacial score (nSPS) is 10.2. The molecule has 0 aliphatic heterocycles. The number of benzene rings is 1. The van der Waals surface area contributed by atoms with Crippen molar-refractivity contribution >= 4 is 11.6 Å². The summed E-state index contributed by atoms with van der Waals surface area (Å²) in [5.74, 6) is -0.281. The molecule has 1 aromatic heterocycles. The molecule has 0 unspecified atom stereocenters. The predicted molar refractivity (Wildman–Crippen MR) is 62.5 cm³/mol. The lowest BCUT2D eigenvalue weighted by atomic mass is 10.3. The first-order valence-corrected chi connectivity index (χ1v) is 5.10. The van der Waals surface area contributed by atoms with Crippen molar-refractivity contribution in [3.05, 3.63) is 47.1 Å². The van der Waals surface area contributed by atoms with Crippen LogP contribution >= 0.6 is 0 Å². The summed E-state index contributed by atoms with van der Waals surface area (Å²) in [6, 6.07) is 9.06. The van der Waals surface area contributed by atoms with Crippen LogP contribution in [-0.4, -0.2) is 20.3 Å². The molecule has 6 nitrogen and oxygen atoms in total. The first-order chi connectivity index (χ1) is 8.16. The molecule has 1 aromatic carbocycles. The number of nitrogens with zero attached hydrogens (tertiary/aromatic N) is 3. The molecule has 1 amide bonds. The Bertz CT molecular complexity index is 571. The van der Waals surface area contributed by atoms with Gasteiger partial charge in [0.15, 0.2) is 0 Å². The van der Waals surface area contributed by atoms with Crippen LogP contribution in [-0.2, 0) is 18.4 Å². The van der Waals surface area contributed by atoms with Gasteiger partial charge < -0.3 is 5.32 Å². The van der Waals surface area contributed by atoms with E-state index in [0.29, 0.717) is 5.69 Å². The Morgan fingerprint density at radius 1 is 1.35 bits per heavy atom. The molecule has 0 saturated carbocycles. The summed E-state index contributed by atoms with van der Waals surface area (Å²) in [5.41, 5.74) is 0.384. The summed E-state index contributed by atoms with van der Waals surface area (Å²) < 4.78 is 2.42. The van der Waals surface area contributed by atoms with Crippen molar-refractivity contribution in [3.8, 4) is 0 Å². The van der Waals surface area contributed by atoms with Gasteiger partial charge in [-0.1, -0.05) is 18.2 Å². The molecule has 1 heterocycles. The van der Waals surface area contributed by atoms with Crippen molar-refractivity contribution in [1.29, 1.82) is 0 Å². The largest absolute Gasteiger partial charge is 0.345 e. The molecular formula is C11H12N4O2. The Balaban J connectivity index is 2.03. The van der Waals surface area contributed by atoms with E-state index in [1.54, 1.807) is 19.2 Å². The lowest BCUT2D eigenvalue weighted by Gasteiger charge is -2.03. The number of carbonyl (C=O) groups is 1. The van der Waals surface area contributed by atoms with Crippen molar-refractivity contribution in [2.45, 2.75) is 6.54 Å². The topological polar surface area (TPSA) is 68.9 Å². The number of carbonyl (C=O) groups excluding carboxylic acids is 1. The lowest BCUT2D eigenvalue weighted by molar-refractivity contribution is -0.117. The van der Waals surface area contributed by atoms with E-state index in [9.17, 15) is 9.59 Å². The minimum absolute atomic E-state index is 0.0887. The Labute approximate surface area is 97.5 Å². The highest BCUT2D eigenvalue weighted by Gasteiger charge is 2.07. The molecule has 6 heteroatoms. The SMILES string of the molecule is Cn1cnn(CC(=O)Nc2ccccc2)c1=O. The van der Waals surface area contributed by atoms with Crippen LogP contribution in [0.15, 0.2) is 41.5 Å². The number of rotatable bonds is 3. The summed E-state index contributed by atoms with van der Waals surface area (Å²) in [6.45, 7) is -0.0887. The third-order valence-corrected chi connectivity index (χ3v) is 2.24. The molecule has 88 valence electrons. The molecule has 0 aliphatic rings. The molecule has 0 aliphatic carbocycles. The summed E-state index contributed by atoms with van der Waals surface area (Å²) in [7, 11) is 1.58. The average molecular weight is 232 g/mol. The predicted octanol–water partition coefficient (Wildman–Crippen LogP) is 0.220. The second-order valence-corrected chi connectivity index (χ2v) is 3.60. The van der Waals surface area contributed by atoms with Gasteiger partial charge in [0.05, 0.1) is 0 Å². The number of hydrogen-bond donors (Lipinski definition) is 1. The number of amides is 1. The van der Waals surface area contributed by atoms with Gasteiger partial charge >= 0.3 is 5.69 Å². The minimum Gasteiger partial charge on any atom is -0.324 e. The summed E-state index contributed by atoms with van der Waals surface area (Å²) >= 11 is 0. The molecule has 0 atom stereocenters. The standard InChI is InChI=1S/C11H12N4O2/c1-14-8-12-15(11(14)17)7-10(16)13-9-5-3-2-4-6-9/h2-6,8H,7H2,1H3,(H,13,16). The van der Waals surface area contributed by atoms with E-state index in [-0.39, 0.29) is 18.1 Å². The second-order valence-electron chi connectivity index (χ2n) is 3.60. The van der Waals surface area contributed by atoms with E-state index in [1.165, 1.54) is 10.9 Å². The quantitative estimate of drug-likeness (QED) is 0.823. The second kappa shape index (κ2) is 4.65. The number of para-hydroxylation sites is 1. The van der Waals surface area contributed by atoms with Crippen LogP contribution < -0.4 is 11.0 Å². The number of anilines is 1. The fraction of sp³-hybridized carbons (Fsp3) is 0.182. The van der Waals surface area contributed by atoms with Crippen LogP contribution in [0.2, 0.25) is 0 Å². The third kappa shape index (κ3) is 2.60. The zero-order valence-electron chi connectivity index (χ0n) is 9.33. The zero-order valence-corrected chi connectivity index (χ0v) is 9.33. The van der Waals surface area contributed by atoms with Crippen LogP contribution in [0.3, 0.4) is 0 Å². The molecule has 0 bridgehead atoms. The maximum Gasteiger partial charge on any atom is 0.345 e. The summed E-state index contributed by atoms with van der Waals surface area (Å²) in [5, 5.41) is 6.48. The zero-order chi connectivity index (χ0) is 12.3. The average Bonchev–Trinajstić information content (AvgIpc) is 2.62.